The number of hydrogen-bond donors (Lipinski definition) is 2. The van der Waals surface area contributed by atoms with E-state index in [2.05, 4.69) is 5.32 Å². The lowest BCUT2D eigenvalue weighted by atomic mass is 9.87. The molecule has 0 spiro atoms. The van der Waals surface area contributed by atoms with E-state index in [0.717, 1.165) is 37.8 Å². The van der Waals surface area contributed by atoms with Crippen LogP contribution in [0.5, 0.6) is 0 Å². The Balaban J connectivity index is 1.97. The number of ether oxygens (including phenoxy) is 1. The third-order valence-electron chi connectivity index (χ3n) is 4.02. The van der Waals surface area contributed by atoms with E-state index in [-0.39, 0.29) is 12.1 Å². The number of carbonyl (C=O) groups excluding carboxylic acids is 1. The summed E-state index contributed by atoms with van der Waals surface area (Å²) in [6.07, 6.45) is 3.69. The van der Waals surface area contributed by atoms with Gasteiger partial charge < -0.3 is 15.2 Å². The lowest BCUT2D eigenvalue weighted by Crippen LogP contribution is -2.35. The summed E-state index contributed by atoms with van der Waals surface area (Å²) in [5.74, 6) is 0.189. The van der Waals surface area contributed by atoms with Crippen molar-refractivity contribution in [1.82, 2.24) is 5.32 Å². The van der Waals surface area contributed by atoms with Crippen LogP contribution in [0.2, 0.25) is 0 Å². The van der Waals surface area contributed by atoms with Gasteiger partial charge in [-0.1, -0.05) is 36.8 Å². The minimum absolute atomic E-state index is 0.191. The Bertz CT molecular complexity index is 435. The third kappa shape index (κ3) is 4.83. The second kappa shape index (κ2) is 8.15. The summed E-state index contributed by atoms with van der Waals surface area (Å²) in [5, 5.41) is 13.1. The molecule has 0 amide bonds. The quantitative estimate of drug-likeness (QED) is 0.790. The number of aliphatic hydroxyl groups excluding tert-OH is 1. The number of esters is 1. The number of benzene rings is 1. The van der Waals surface area contributed by atoms with Gasteiger partial charge in [0.15, 0.2) is 0 Å². The molecule has 3 atom stereocenters. The molecule has 1 aromatic carbocycles. The van der Waals surface area contributed by atoms with Crippen molar-refractivity contribution in [3.05, 3.63) is 35.9 Å². The molecule has 0 saturated heterocycles. The number of rotatable bonds is 6. The lowest BCUT2D eigenvalue weighted by molar-refractivity contribution is -0.145. The van der Waals surface area contributed by atoms with Gasteiger partial charge in [-0.05, 0) is 44.2 Å². The second-order valence-corrected chi connectivity index (χ2v) is 5.69. The monoisotopic (exact) mass is 291 g/mol. The molecule has 4 heteroatoms. The normalized spacial score (nSPS) is 23.5. The van der Waals surface area contributed by atoms with Crippen molar-refractivity contribution in [3.63, 3.8) is 0 Å². The van der Waals surface area contributed by atoms with Gasteiger partial charge in [0.2, 0.25) is 0 Å². The molecule has 0 radical (unpaired) electrons. The highest BCUT2D eigenvalue weighted by atomic mass is 16.5. The summed E-state index contributed by atoms with van der Waals surface area (Å²) in [5.41, 5.74) is 0.923. The van der Waals surface area contributed by atoms with Gasteiger partial charge in [0.25, 0.3) is 0 Å². The van der Waals surface area contributed by atoms with Crippen LogP contribution >= 0.6 is 0 Å². The van der Waals surface area contributed by atoms with Crippen molar-refractivity contribution in [2.45, 2.75) is 44.8 Å². The molecule has 0 heterocycles. The largest absolute Gasteiger partial charge is 0.465 e. The topological polar surface area (TPSA) is 58.6 Å². The van der Waals surface area contributed by atoms with Gasteiger partial charge in [-0.3, -0.25) is 0 Å². The molecular formula is C17H25NO3. The first-order chi connectivity index (χ1) is 10.2. The SMILES string of the molecule is CCOC(=O)C(NCC1CCCC(O)C1)c1ccccc1. The highest BCUT2D eigenvalue weighted by Gasteiger charge is 2.25. The maximum Gasteiger partial charge on any atom is 0.327 e. The third-order valence-corrected chi connectivity index (χ3v) is 4.02. The maximum absolute atomic E-state index is 12.1. The summed E-state index contributed by atoms with van der Waals surface area (Å²) in [7, 11) is 0. The average Bonchev–Trinajstić information content (AvgIpc) is 2.49. The zero-order valence-corrected chi connectivity index (χ0v) is 12.6. The highest BCUT2D eigenvalue weighted by molar-refractivity contribution is 5.77. The van der Waals surface area contributed by atoms with Crippen LogP contribution in [-0.4, -0.2) is 30.3 Å². The van der Waals surface area contributed by atoms with E-state index in [0.29, 0.717) is 12.5 Å². The molecule has 2 rings (SSSR count). The fraction of sp³-hybridized carbons (Fsp3) is 0.588. The van der Waals surface area contributed by atoms with Gasteiger partial charge in [0.05, 0.1) is 12.7 Å². The van der Waals surface area contributed by atoms with Crippen LogP contribution in [0.3, 0.4) is 0 Å². The van der Waals surface area contributed by atoms with Gasteiger partial charge in [-0.15, -0.1) is 0 Å². The van der Waals surface area contributed by atoms with Crippen molar-refractivity contribution in [3.8, 4) is 0 Å². The molecule has 0 aliphatic heterocycles. The Hall–Kier alpha value is -1.39. The molecule has 1 saturated carbocycles. The average molecular weight is 291 g/mol. The number of carbonyl (C=O) groups is 1. The summed E-state index contributed by atoms with van der Waals surface area (Å²) >= 11 is 0. The molecule has 2 N–H and O–H groups in total. The molecule has 3 unspecified atom stereocenters. The Morgan fingerprint density at radius 1 is 1.38 bits per heavy atom. The Morgan fingerprint density at radius 2 is 2.14 bits per heavy atom. The lowest BCUT2D eigenvalue weighted by Gasteiger charge is -2.27. The van der Waals surface area contributed by atoms with E-state index in [4.69, 9.17) is 4.74 Å². The minimum Gasteiger partial charge on any atom is -0.465 e. The zero-order valence-electron chi connectivity index (χ0n) is 12.6. The second-order valence-electron chi connectivity index (χ2n) is 5.69. The molecule has 116 valence electrons. The highest BCUT2D eigenvalue weighted by Crippen LogP contribution is 2.24. The molecule has 1 aromatic rings. The van der Waals surface area contributed by atoms with Crippen molar-refractivity contribution in [2.75, 3.05) is 13.2 Å². The maximum atomic E-state index is 12.1. The predicted octanol–water partition coefficient (Wildman–Crippen LogP) is 2.43. The number of nitrogens with one attached hydrogen (secondary N) is 1. The molecule has 0 aromatic heterocycles. The van der Waals surface area contributed by atoms with E-state index in [9.17, 15) is 9.90 Å². The summed E-state index contributed by atoms with van der Waals surface area (Å²) in [4.78, 5) is 12.1. The molecular weight excluding hydrogens is 266 g/mol. The van der Waals surface area contributed by atoms with Crippen LogP contribution in [0.25, 0.3) is 0 Å². The fourth-order valence-electron chi connectivity index (χ4n) is 2.94. The van der Waals surface area contributed by atoms with E-state index in [1.165, 1.54) is 0 Å². The Morgan fingerprint density at radius 3 is 2.81 bits per heavy atom. The van der Waals surface area contributed by atoms with Crippen LogP contribution in [-0.2, 0) is 9.53 Å². The Kier molecular flexibility index (Phi) is 6.21. The first-order valence-corrected chi connectivity index (χ1v) is 7.83. The number of hydrogen-bond acceptors (Lipinski definition) is 4. The van der Waals surface area contributed by atoms with E-state index < -0.39 is 6.04 Å². The predicted molar refractivity (Wildman–Crippen MR) is 81.8 cm³/mol. The van der Waals surface area contributed by atoms with Gasteiger partial charge in [0, 0.05) is 0 Å². The van der Waals surface area contributed by atoms with Crippen molar-refractivity contribution < 1.29 is 14.6 Å². The minimum atomic E-state index is -0.426. The fourth-order valence-corrected chi connectivity index (χ4v) is 2.94. The van der Waals surface area contributed by atoms with Gasteiger partial charge in [0.1, 0.15) is 6.04 Å². The van der Waals surface area contributed by atoms with Crippen molar-refractivity contribution in [1.29, 1.82) is 0 Å². The molecule has 4 nitrogen and oxygen atoms in total. The summed E-state index contributed by atoms with van der Waals surface area (Å²) < 4.78 is 5.17. The molecule has 21 heavy (non-hydrogen) atoms. The Labute approximate surface area is 126 Å². The van der Waals surface area contributed by atoms with Gasteiger partial charge in [-0.25, -0.2) is 4.79 Å². The molecule has 1 aliphatic carbocycles. The van der Waals surface area contributed by atoms with Crippen LogP contribution in [0.15, 0.2) is 30.3 Å². The van der Waals surface area contributed by atoms with Crippen molar-refractivity contribution >= 4 is 5.97 Å². The van der Waals surface area contributed by atoms with E-state index >= 15 is 0 Å². The van der Waals surface area contributed by atoms with Gasteiger partial charge >= 0.3 is 5.97 Å². The molecule has 1 aliphatic rings. The summed E-state index contributed by atoms with van der Waals surface area (Å²) in [6.45, 7) is 2.93. The van der Waals surface area contributed by atoms with E-state index in [1.54, 1.807) is 0 Å². The smallest absolute Gasteiger partial charge is 0.327 e. The summed E-state index contributed by atoms with van der Waals surface area (Å²) in [6, 6.07) is 9.23. The van der Waals surface area contributed by atoms with Crippen molar-refractivity contribution in [2.24, 2.45) is 5.92 Å². The first-order valence-electron chi connectivity index (χ1n) is 7.83. The van der Waals surface area contributed by atoms with Crippen LogP contribution in [0.4, 0.5) is 0 Å². The standard InChI is InChI=1S/C17H25NO3/c1-2-21-17(20)16(14-8-4-3-5-9-14)18-12-13-7-6-10-15(19)11-13/h3-5,8-9,13,15-16,18-19H,2,6-7,10-12H2,1H3. The van der Waals surface area contributed by atoms with Gasteiger partial charge in [-0.2, -0.15) is 0 Å². The molecule has 1 fully saturated rings. The van der Waals surface area contributed by atoms with Crippen LogP contribution < -0.4 is 5.32 Å². The molecule has 0 bridgehead atoms. The first kappa shape index (κ1) is 16.0. The van der Waals surface area contributed by atoms with E-state index in [1.807, 2.05) is 37.3 Å². The van der Waals surface area contributed by atoms with Crippen LogP contribution in [0, 0.1) is 5.92 Å². The number of aliphatic hydroxyl groups is 1. The van der Waals surface area contributed by atoms with Crippen LogP contribution in [0.1, 0.15) is 44.2 Å². The zero-order chi connectivity index (χ0) is 15.1.